The molecule has 0 saturated heterocycles. The Labute approximate surface area is 138 Å². The van der Waals surface area contributed by atoms with E-state index in [-0.39, 0.29) is 5.97 Å². The van der Waals surface area contributed by atoms with Gasteiger partial charge in [0.05, 0.1) is 7.11 Å². The summed E-state index contributed by atoms with van der Waals surface area (Å²) < 4.78 is 7.21. The van der Waals surface area contributed by atoms with Crippen LogP contribution in [-0.4, -0.2) is 36.1 Å². The minimum absolute atomic E-state index is 0.100. The third kappa shape index (κ3) is 3.42. The zero-order valence-corrected chi connectivity index (χ0v) is 14.2. The van der Waals surface area contributed by atoms with Gasteiger partial charge in [-0.25, -0.2) is 0 Å². The van der Waals surface area contributed by atoms with E-state index in [4.69, 9.17) is 4.74 Å². The molecular formula is C19H26N2O2. The molecule has 4 heteroatoms. The summed E-state index contributed by atoms with van der Waals surface area (Å²) in [4.78, 5) is 13.6. The molecule has 0 atom stereocenters. The van der Waals surface area contributed by atoms with Crippen molar-refractivity contribution >= 4 is 16.9 Å². The molecule has 0 unspecified atom stereocenters. The van der Waals surface area contributed by atoms with Crippen molar-refractivity contribution in [1.29, 1.82) is 0 Å². The molecule has 0 fully saturated rings. The largest absolute Gasteiger partial charge is 0.469 e. The molecule has 0 saturated carbocycles. The molecule has 0 amide bonds. The summed E-state index contributed by atoms with van der Waals surface area (Å²) in [5.74, 6) is -0.100. The number of rotatable bonds is 6. The summed E-state index contributed by atoms with van der Waals surface area (Å²) in [6.45, 7) is 3.22. The van der Waals surface area contributed by atoms with Gasteiger partial charge in [0.25, 0.3) is 0 Å². The minimum Gasteiger partial charge on any atom is -0.469 e. The summed E-state index contributed by atoms with van der Waals surface area (Å²) >= 11 is 0. The molecule has 1 aromatic carbocycles. The van der Waals surface area contributed by atoms with Crippen LogP contribution in [0.2, 0.25) is 0 Å². The monoisotopic (exact) mass is 314 g/mol. The van der Waals surface area contributed by atoms with Crippen LogP contribution in [0.25, 0.3) is 10.9 Å². The van der Waals surface area contributed by atoms with E-state index in [1.165, 1.54) is 29.3 Å². The van der Waals surface area contributed by atoms with Crippen LogP contribution < -0.4 is 0 Å². The summed E-state index contributed by atoms with van der Waals surface area (Å²) in [5, 5.41) is 1.41. The highest BCUT2D eigenvalue weighted by Gasteiger charge is 2.21. The number of para-hydroxylation sites is 1. The molecule has 124 valence electrons. The van der Waals surface area contributed by atoms with Gasteiger partial charge in [0.1, 0.15) is 0 Å². The van der Waals surface area contributed by atoms with Crippen LogP contribution in [0, 0.1) is 0 Å². The van der Waals surface area contributed by atoms with E-state index >= 15 is 0 Å². The number of hydrogen-bond acceptors (Lipinski definition) is 3. The second-order valence-electron chi connectivity index (χ2n) is 6.47. The minimum atomic E-state index is -0.100. The number of carbonyl (C=O) groups excluding carboxylic acids is 1. The first-order valence-corrected chi connectivity index (χ1v) is 8.55. The molecule has 1 aromatic heterocycles. The molecule has 2 heterocycles. The number of carbonyl (C=O) groups is 1. The summed E-state index contributed by atoms with van der Waals surface area (Å²) in [7, 11) is 3.65. The molecule has 1 aliphatic rings. The van der Waals surface area contributed by atoms with E-state index in [2.05, 4.69) is 40.8 Å². The van der Waals surface area contributed by atoms with Crippen LogP contribution in [0.1, 0.15) is 36.9 Å². The summed E-state index contributed by atoms with van der Waals surface area (Å²) in [6, 6.07) is 8.76. The first-order valence-electron chi connectivity index (χ1n) is 8.55. The van der Waals surface area contributed by atoms with Crippen LogP contribution >= 0.6 is 0 Å². The van der Waals surface area contributed by atoms with E-state index < -0.39 is 0 Å². The second-order valence-corrected chi connectivity index (χ2v) is 6.47. The van der Waals surface area contributed by atoms with Gasteiger partial charge in [-0.3, -0.25) is 4.79 Å². The maximum Gasteiger partial charge on any atom is 0.305 e. The maximum absolute atomic E-state index is 11.2. The van der Waals surface area contributed by atoms with Gasteiger partial charge in [-0.1, -0.05) is 24.6 Å². The van der Waals surface area contributed by atoms with Crippen molar-refractivity contribution in [3.05, 3.63) is 35.5 Å². The first-order chi connectivity index (χ1) is 11.2. The summed E-state index contributed by atoms with van der Waals surface area (Å²) in [6.07, 6.45) is 4.75. The van der Waals surface area contributed by atoms with E-state index in [9.17, 15) is 4.79 Å². The number of likely N-dealkylation sites (N-methyl/N-ethyl adjacent to an activating group) is 1. The lowest BCUT2D eigenvalue weighted by atomic mass is 10.1. The van der Waals surface area contributed by atoms with Crippen molar-refractivity contribution in [3.8, 4) is 0 Å². The van der Waals surface area contributed by atoms with Crippen molar-refractivity contribution in [1.82, 2.24) is 9.47 Å². The van der Waals surface area contributed by atoms with E-state index in [1.54, 1.807) is 0 Å². The predicted molar refractivity (Wildman–Crippen MR) is 92.5 cm³/mol. The zero-order valence-electron chi connectivity index (χ0n) is 14.2. The standard InChI is InChI=1S/C19H26N2O2/c1-20-13-11-18-16(14-20)15-8-5-6-9-17(15)21(18)12-7-3-4-10-19(22)23-2/h5-6,8-9H,3-4,7,10-14H2,1-2H3. The molecule has 23 heavy (non-hydrogen) atoms. The Balaban J connectivity index is 1.72. The zero-order chi connectivity index (χ0) is 16.2. The number of aromatic nitrogens is 1. The highest BCUT2D eigenvalue weighted by molar-refractivity contribution is 5.85. The van der Waals surface area contributed by atoms with Crippen molar-refractivity contribution < 1.29 is 9.53 Å². The first kappa shape index (κ1) is 16.1. The Hall–Kier alpha value is -1.81. The van der Waals surface area contributed by atoms with Gasteiger partial charge in [-0.05, 0) is 31.5 Å². The molecule has 1 aliphatic heterocycles. The normalized spacial score (nSPS) is 14.9. The predicted octanol–water partition coefficient (Wildman–Crippen LogP) is 3.36. The molecule has 3 rings (SSSR count). The van der Waals surface area contributed by atoms with Gasteiger partial charge in [-0.15, -0.1) is 0 Å². The lowest BCUT2D eigenvalue weighted by Crippen LogP contribution is -2.27. The third-order valence-electron chi connectivity index (χ3n) is 4.84. The molecular weight excluding hydrogens is 288 g/mol. The molecule has 0 spiro atoms. The number of hydrogen-bond donors (Lipinski definition) is 0. The van der Waals surface area contributed by atoms with E-state index in [1.807, 2.05) is 0 Å². The van der Waals surface area contributed by atoms with Crippen molar-refractivity contribution in [2.24, 2.45) is 0 Å². The Kier molecular flexibility index (Phi) is 5.01. The SMILES string of the molecule is COC(=O)CCCCCn1c2c(c3ccccc31)CN(C)CC2. The Bertz CT molecular complexity index is 690. The van der Waals surface area contributed by atoms with Crippen LogP contribution in [0.15, 0.2) is 24.3 Å². The molecule has 0 N–H and O–H groups in total. The molecule has 4 nitrogen and oxygen atoms in total. The number of fused-ring (bicyclic) bond motifs is 3. The molecule has 2 aromatic rings. The lowest BCUT2D eigenvalue weighted by Gasteiger charge is -2.24. The highest BCUT2D eigenvalue weighted by atomic mass is 16.5. The van der Waals surface area contributed by atoms with Gasteiger partial charge in [0.15, 0.2) is 0 Å². The maximum atomic E-state index is 11.2. The Morgan fingerprint density at radius 1 is 1.22 bits per heavy atom. The average Bonchev–Trinajstić information content (AvgIpc) is 2.88. The average molecular weight is 314 g/mol. The quantitative estimate of drug-likeness (QED) is 0.606. The van der Waals surface area contributed by atoms with E-state index in [0.717, 1.165) is 45.3 Å². The van der Waals surface area contributed by atoms with Crippen molar-refractivity contribution in [2.75, 3.05) is 20.7 Å². The van der Waals surface area contributed by atoms with Gasteiger partial charge in [0.2, 0.25) is 0 Å². The van der Waals surface area contributed by atoms with Gasteiger partial charge in [-0.2, -0.15) is 0 Å². The fraction of sp³-hybridized carbons (Fsp3) is 0.526. The van der Waals surface area contributed by atoms with Crippen LogP contribution in [0.4, 0.5) is 0 Å². The number of methoxy groups -OCH3 is 1. The number of unbranched alkanes of at least 4 members (excludes halogenated alkanes) is 2. The molecule has 0 radical (unpaired) electrons. The van der Waals surface area contributed by atoms with Gasteiger partial charge < -0.3 is 14.2 Å². The van der Waals surface area contributed by atoms with Crippen LogP contribution in [0.5, 0.6) is 0 Å². The van der Waals surface area contributed by atoms with E-state index in [0.29, 0.717) is 6.42 Å². The lowest BCUT2D eigenvalue weighted by molar-refractivity contribution is -0.140. The second kappa shape index (κ2) is 7.18. The van der Waals surface area contributed by atoms with Crippen LogP contribution in [0.3, 0.4) is 0 Å². The third-order valence-corrected chi connectivity index (χ3v) is 4.84. The topological polar surface area (TPSA) is 34.5 Å². The van der Waals surface area contributed by atoms with Gasteiger partial charge >= 0.3 is 5.97 Å². The molecule has 0 aliphatic carbocycles. The van der Waals surface area contributed by atoms with Gasteiger partial charge in [0, 0.05) is 49.1 Å². The Morgan fingerprint density at radius 3 is 2.87 bits per heavy atom. The molecule has 0 bridgehead atoms. The fourth-order valence-electron chi connectivity index (χ4n) is 3.61. The van der Waals surface area contributed by atoms with Crippen LogP contribution in [-0.2, 0) is 29.0 Å². The Morgan fingerprint density at radius 2 is 2.04 bits per heavy atom. The number of benzene rings is 1. The number of ether oxygens (including phenoxy) is 1. The number of nitrogens with zero attached hydrogens (tertiary/aromatic N) is 2. The fourth-order valence-corrected chi connectivity index (χ4v) is 3.61. The highest BCUT2D eigenvalue weighted by Crippen LogP contribution is 2.30. The number of esters is 1. The van der Waals surface area contributed by atoms with Crippen molar-refractivity contribution in [3.63, 3.8) is 0 Å². The number of aryl methyl sites for hydroxylation is 1. The van der Waals surface area contributed by atoms with Crippen molar-refractivity contribution in [2.45, 2.75) is 45.2 Å². The smallest absolute Gasteiger partial charge is 0.305 e. The summed E-state index contributed by atoms with van der Waals surface area (Å²) in [5.41, 5.74) is 4.38.